The summed E-state index contributed by atoms with van der Waals surface area (Å²) in [6.45, 7) is -0.686. The number of rotatable bonds is 6. The molecule has 2 aromatic rings. The second-order valence-electron chi connectivity index (χ2n) is 6.27. The Morgan fingerprint density at radius 1 is 1.10 bits per heavy atom. The van der Waals surface area contributed by atoms with E-state index in [2.05, 4.69) is 14.8 Å². The van der Waals surface area contributed by atoms with Crippen molar-refractivity contribution in [3.8, 4) is 11.5 Å². The zero-order valence-electron chi connectivity index (χ0n) is 15.7. The van der Waals surface area contributed by atoms with E-state index in [4.69, 9.17) is 4.74 Å². The Morgan fingerprint density at radius 3 is 2.50 bits per heavy atom. The van der Waals surface area contributed by atoms with Crippen LogP contribution < -0.4 is 14.8 Å². The van der Waals surface area contributed by atoms with Crippen molar-refractivity contribution in [2.45, 2.75) is 11.2 Å². The summed E-state index contributed by atoms with van der Waals surface area (Å²) in [5.41, 5.74) is 0.0613. The average Bonchev–Trinajstić information content (AvgIpc) is 2.99. The van der Waals surface area contributed by atoms with Gasteiger partial charge in [0.15, 0.2) is 18.1 Å². The molecule has 160 valence electrons. The standard InChI is InChI=1S/C18H16F2N2O7S/c1-22(2)30(25,26)13-5-3-4-11(8-13)17(24)27-10-16(23)21-12-6-7-14-15(9-12)29-18(19,20)28-14/h3-9H,10H2,1-2H3,(H,21,23). The third-order valence-corrected chi connectivity index (χ3v) is 5.68. The van der Waals surface area contributed by atoms with Crippen LogP contribution in [0, 0.1) is 0 Å². The number of ether oxygens (including phenoxy) is 3. The molecule has 0 bridgehead atoms. The van der Waals surface area contributed by atoms with Crippen LogP contribution in [0.4, 0.5) is 14.5 Å². The average molecular weight is 442 g/mol. The molecule has 0 aromatic heterocycles. The minimum Gasteiger partial charge on any atom is -0.452 e. The van der Waals surface area contributed by atoms with E-state index in [1.807, 2.05) is 0 Å². The number of hydrogen-bond donors (Lipinski definition) is 1. The van der Waals surface area contributed by atoms with E-state index in [1.54, 1.807) is 0 Å². The zero-order valence-corrected chi connectivity index (χ0v) is 16.5. The lowest BCUT2D eigenvalue weighted by atomic mass is 10.2. The van der Waals surface area contributed by atoms with Gasteiger partial charge in [-0.3, -0.25) is 4.79 Å². The van der Waals surface area contributed by atoms with Crippen LogP contribution in [0.3, 0.4) is 0 Å². The minimum atomic E-state index is -3.78. The van der Waals surface area contributed by atoms with Gasteiger partial charge in [-0.2, -0.15) is 0 Å². The summed E-state index contributed by atoms with van der Waals surface area (Å²) in [4.78, 5) is 24.0. The summed E-state index contributed by atoms with van der Waals surface area (Å²) in [6, 6.07) is 8.79. The van der Waals surface area contributed by atoms with Crippen molar-refractivity contribution in [2.24, 2.45) is 0 Å². The Balaban J connectivity index is 1.60. The number of carbonyl (C=O) groups is 2. The molecule has 0 spiro atoms. The molecule has 9 nitrogen and oxygen atoms in total. The van der Waals surface area contributed by atoms with Crippen molar-refractivity contribution in [3.63, 3.8) is 0 Å². The predicted octanol–water partition coefficient (Wildman–Crippen LogP) is 2.05. The maximum atomic E-state index is 13.0. The normalized spacial score (nSPS) is 14.4. The number of alkyl halides is 2. The quantitative estimate of drug-likeness (QED) is 0.682. The van der Waals surface area contributed by atoms with Gasteiger partial charge >= 0.3 is 12.3 Å². The van der Waals surface area contributed by atoms with E-state index in [1.165, 1.54) is 44.4 Å². The summed E-state index contributed by atoms with van der Waals surface area (Å²) in [7, 11) is -1.05. The summed E-state index contributed by atoms with van der Waals surface area (Å²) in [5.74, 6) is -2.09. The van der Waals surface area contributed by atoms with E-state index >= 15 is 0 Å². The predicted molar refractivity (Wildman–Crippen MR) is 98.9 cm³/mol. The van der Waals surface area contributed by atoms with Crippen LogP contribution >= 0.6 is 0 Å². The van der Waals surface area contributed by atoms with E-state index in [0.29, 0.717) is 0 Å². The lowest BCUT2D eigenvalue weighted by Gasteiger charge is -2.12. The van der Waals surface area contributed by atoms with Crippen molar-refractivity contribution in [2.75, 3.05) is 26.0 Å². The molecule has 0 fully saturated rings. The number of hydrogen-bond acceptors (Lipinski definition) is 7. The third-order valence-electron chi connectivity index (χ3n) is 3.87. The fraction of sp³-hybridized carbons (Fsp3) is 0.222. The van der Waals surface area contributed by atoms with Crippen LogP contribution in [-0.2, 0) is 19.6 Å². The molecule has 1 aliphatic heterocycles. The molecule has 3 rings (SSSR count). The number of fused-ring (bicyclic) bond motifs is 1. The van der Waals surface area contributed by atoms with Gasteiger partial charge in [-0.25, -0.2) is 17.5 Å². The largest absolute Gasteiger partial charge is 0.586 e. The van der Waals surface area contributed by atoms with Gasteiger partial charge in [-0.1, -0.05) is 6.07 Å². The molecule has 0 unspecified atom stereocenters. The number of benzene rings is 2. The first-order valence-electron chi connectivity index (χ1n) is 8.37. The molecule has 1 aliphatic rings. The topological polar surface area (TPSA) is 111 Å². The second-order valence-corrected chi connectivity index (χ2v) is 8.42. The lowest BCUT2D eigenvalue weighted by Crippen LogP contribution is -2.25. The van der Waals surface area contributed by atoms with Crippen LogP contribution in [0.15, 0.2) is 47.4 Å². The number of esters is 1. The highest BCUT2D eigenvalue weighted by atomic mass is 32.2. The van der Waals surface area contributed by atoms with Gasteiger partial charge in [0, 0.05) is 25.8 Å². The molecule has 0 atom stereocenters. The summed E-state index contributed by atoms with van der Waals surface area (Å²) >= 11 is 0. The first-order valence-corrected chi connectivity index (χ1v) is 9.81. The molecular formula is C18H16F2N2O7S. The number of anilines is 1. The van der Waals surface area contributed by atoms with Crippen LogP contribution in [0.5, 0.6) is 11.5 Å². The number of carbonyl (C=O) groups excluding carboxylic acids is 2. The van der Waals surface area contributed by atoms with Gasteiger partial charge in [-0.05, 0) is 30.3 Å². The van der Waals surface area contributed by atoms with Gasteiger partial charge in [0.25, 0.3) is 5.91 Å². The van der Waals surface area contributed by atoms with Gasteiger partial charge in [0.2, 0.25) is 10.0 Å². The molecule has 0 aliphatic carbocycles. The highest BCUT2D eigenvalue weighted by Crippen LogP contribution is 2.42. The fourth-order valence-electron chi connectivity index (χ4n) is 2.43. The highest BCUT2D eigenvalue weighted by molar-refractivity contribution is 7.89. The Bertz CT molecular complexity index is 1100. The molecular weight excluding hydrogens is 426 g/mol. The first kappa shape index (κ1) is 21.5. The molecule has 0 saturated carbocycles. The monoisotopic (exact) mass is 442 g/mol. The summed E-state index contributed by atoms with van der Waals surface area (Å²) in [5, 5.41) is 2.36. The molecule has 1 N–H and O–H groups in total. The Morgan fingerprint density at radius 2 is 1.80 bits per heavy atom. The number of nitrogens with one attached hydrogen (secondary N) is 1. The van der Waals surface area contributed by atoms with E-state index < -0.39 is 34.8 Å². The van der Waals surface area contributed by atoms with Crippen molar-refractivity contribution in [1.29, 1.82) is 0 Å². The molecule has 1 heterocycles. The smallest absolute Gasteiger partial charge is 0.452 e. The maximum Gasteiger partial charge on any atom is 0.586 e. The lowest BCUT2D eigenvalue weighted by molar-refractivity contribution is -0.286. The van der Waals surface area contributed by atoms with E-state index in [9.17, 15) is 26.8 Å². The molecule has 2 aromatic carbocycles. The number of nitrogens with zero attached hydrogens (tertiary/aromatic N) is 1. The summed E-state index contributed by atoms with van der Waals surface area (Å²) < 4.78 is 64.7. The van der Waals surface area contributed by atoms with Crippen molar-refractivity contribution < 1.29 is 41.0 Å². The molecule has 30 heavy (non-hydrogen) atoms. The SMILES string of the molecule is CN(C)S(=O)(=O)c1cccc(C(=O)OCC(=O)Nc2ccc3c(c2)OC(F)(F)O3)c1. The summed E-state index contributed by atoms with van der Waals surface area (Å²) in [6.07, 6.45) is -3.78. The highest BCUT2D eigenvalue weighted by Gasteiger charge is 2.43. The molecule has 0 radical (unpaired) electrons. The number of halogens is 2. The van der Waals surface area contributed by atoms with Crippen LogP contribution in [0.25, 0.3) is 0 Å². The van der Waals surface area contributed by atoms with Gasteiger partial charge in [0.05, 0.1) is 10.5 Å². The van der Waals surface area contributed by atoms with Gasteiger partial charge in [0.1, 0.15) is 0 Å². The molecule has 0 saturated heterocycles. The number of amides is 1. The molecule has 1 amide bonds. The van der Waals surface area contributed by atoms with Crippen molar-refractivity contribution >= 4 is 27.6 Å². The minimum absolute atomic E-state index is 0.0592. The first-order chi connectivity index (χ1) is 14.0. The number of sulfonamides is 1. The van der Waals surface area contributed by atoms with Crippen LogP contribution in [0.1, 0.15) is 10.4 Å². The van der Waals surface area contributed by atoms with Crippen LogP contribution in [0.2, 0.25) is 0 Å². The Labute approximate surface area is 170 Å². The Kier molecular flexibility index (Phi) is 5.63. The fourth-order valence-corrected chi connectivity index (χ4v) is 3.38. The maximum absolute atomic E-state index is 13.0. The Hall–Kier alpha value is -3.25. The zero-order chi connectivity index (χ0) is 22.1. The van der Waals surface area contributed by atoms with Crippen molar-refractivity contribution in [1.82, 2.24) is 4.31 Å². The van der Waals surface area contributed by atoms with Crippen molar-refractivity contribution in [3.05, 3.63) is 48.0 Å². The van der Waals surface area contributed by atoms with E-state index in [0.717, 1.165) is 16.4 Å². The third kappa shape index (κ3) is 4.66. The van der Waals surface area contributed by atoms with E-state index in [-0.39, 0.29) is 27.6 Å². The van der Waals surface area contributed by atoms with Gasteiger partial charge in [-0.15, -0.1) is 8.78 Å². The molecule has 12 heteroatoms. The van der Waals surface area contributed by atoms with Crippen LogP contribution in [-0.4, -0.2) is 51.6 Å². The second kappa shape index (κ2) is 7.88. The van der Waals surface area contributed by atoms with Gasteiger partial charge < -0.3 is 19.5 Å².